The van der Waals surface area contributed by atoms with Gasteiger partial charge in [0.05, 0.1) is 19.3 Å². The van der Waals surface area contributed by atoms with Crippen molar-refractivity contribution in [2.24, 2.45) is 10.7 Å². The Kier molecular flexibility index (Phi) is 8.08. The van der Waals surface area contributed by atoms with E-state index in [1.165, 1.54) is 16.7 Å². The number of ether oxygens (including phenoxy) is 2. The monoisotopic (exact) mass is 395 g/mol. The van der Waals surface area contributed by atoms with Gasteiger partial charge >= 0.3 is 0 Å². The molecule has 3 rings (SSSR count). The van der Waals surface area contributed by atoms with Crippen LogP contribution >= 0.6 is 0 Å². The number of aryl methyl sites for hydroxylation is 2. The first-order valence-electron chi connectivity index (χ1n) is 10.6. The molecule has 156 valence electrons. The summed E-state index contributed by atoms with van der Waals surface area (Å²) in [6, 6.07) is 14.7. The summed E-state index contributed by atoms with van der Waals surface area (Å²) in [5.41, 5.74) is 12.1. The number of aliphatic imine (C=N–C) groups is 1. The zero-order valence-electron chi connectivity index (χ0n) is 17.6. The highest BCUT2D eigenvalue weighted by Crippen LogP contribution is 2.22. The molecular formula is C24H33N3O2. The smallest absolute Gasteiger partial charge is 0.193 e. The molecule has 2 aromatic rings. The van der Waals surface area contributed by atoms with Crippen molar-refractivity contribution >= 4 is 11.6 Å². The number of nitrogens with zero attached hydrogens (tertiary/aromatic N) is 1. The van der Waals surface area contributed by atoms with Gasteiger partial charge in [0.1, 0.15) is 0 Å². The molecule has 0 aromatic heterocycles. The van der Waals surface area contributed by atoms with Crippen LogP contribution < -0.4 is 11.1 Å². The van der Waals surface area contributed by atoms with Crippen molar-refractivity contribution in [3.05, 3.63) is 64.7 Å². The molecule has 1 aliphatic heterocycles. The van der Waals surface area contributed by atoms with Gasteiger partial charge in [0.15, 0.2) is 5.96 Å². The summed E-state index contributed by atoms with van der Waals surface area (Å²) in [6.45, 7) is 7.07. The van der Waals surface area contributed by atoms with E-state index < -0.39 is 0 Å². The summed E-state index contributed by atoms with van der Waals surface area (Å²) in [6.07, 6.45) is 4.17. The number of nitrogens with one attached hydrogen (secondary N) is 1. The molecule has 5 heteroatoms. The number of nitrogens with two attached hydrogens (primary N) is 1. The average molecular weight is 396 g/mol. The standard InChI is InChI=1S/C24H33N3O2/c1-3-20-9-6-10-21(4-2)23(20)27-24(25)26-16-18-7-5-8-19(15-18)17-29-22-11-13-28-14-12-22/h5-10,15,22H,3-4,11-14,16-17H2,1-2H3,(H3,25,26,27). The molecule has 1 fully saturated rings. The largest absolute Gasteiger partial charge is 0.381 e. The Bertz CT molecular complexity index is 791. The lowest BCUT2D eigenvalue weighted by Crippen LogP contribution is -2.24. The van der Waals surface area contributed by atoms with E-state index in [4.69, 9.17) is 15.2 Å². The number of rotatable bonds is 8. The first-order chi connectivity index (χ1) is 14.2. The molecule has 1 aliphatic rings. The minimum atomic E-state index is 0.302. The average Bonchev–Trinajstić information content (AvgIpc) is 2.77. The predicted molar refractivity (Wildman–Crippen MR) is 119 cm³/mol. The van der Waals surface area contributed by atoms with Crippen molar-refractivity contribution in [3.63, 3.8) is 0 Å². The van der Waals surface area contributed by atoms with E-state index in [0.29, 0.717) is 25.2 Å². The lowest BCUT2D eigenvalue weighted by Gasteiger charge is -2.22. The zero-order valence-corrected chi connectivity index (χ0v) is 17.6. The Balaban J connectivity index is 1.59. The lowest BCUT2D eigenvalue weighted by atomic mass is 10.0. The van der Waals surface area contributed by atoms with Gasteiger partial charge in [-0.05, 0) is 47.9 Å². The molecule has 0 atom stereocenters. The number of hydrogen-bond acceptors (Lipinski definition) is 3. The molecule has 0 aliphatic carbocycles. The van der Waals surface area contributed by atoms with Crippen LogP contribution in [0.2, 0.25) is 0 Å². The molecule has 3 N–H and O–H groups in total. The normalized spacial score (nSPS) is 15.4. The van der Waals surface area contributed by atoms with Gasteiger partial charge in [-0.2, -0.15) is 0 Å². The van der Waals surface area contributed by atoms with Gasteiger partial charge in [-0.3, -0.25) is 0 Å². The second-order valence-electron chi connectivity index (χ2n) is 7.43. The number of guanidine groups is 1. The van der Waals surface area contributed by atoms with Crippen LogP contribution in [0.3, 0.4) is 0 Å². The molecular weight excluding hydrogens is 362 g/mol. The summed E-state index contributed by atoms with van der Waals surface area (Å²) in [4.78, 5) is 4.56. The van der Waals surface area contributed by atoms with E-state index in [2.05, 4.69) is 66.6 Å². The summed E-state index contributed by atoms with van der Waals surface area (Å²) in [5, 5.41) is 3.33. The number of benzene rings is 2. The first kappa shape index (κ1) is 21.3. The van der Waals surface area contributed by atoms with Crippen LogP contribution in [0.1, 0.15) is 48.9 Å². The van der Waals surface area contributed by atoms with Gasteiger partial charge in [0.2, 0.25) is 0 Å². The summed E-state index contributed by atoms with van der Waals surface area (Å²) >= 11 is 0. The second kappa shape index (κ2) is 11.0. The molecule has 1 saturated heterocycles. The van der Waals surface area contributed by atoms with Crippen molar-refractivity contribution in [1.29, 1.82) is 0 Å². The third-order valence-electron chi connectivity index (χ3n) is 5.33. The van der Waals surface area contributed by atoms with Crippen LogP contribution in [0.4, 0.5) is 5.69 Å². The Morgan fingerprint density at radius 3 is 2.41 bits per heavy atom. The Hall–Kier alpha value is -2.37. The fourth-order valence-electron chi connectivity index (χ4n) is 3.62. The third kappa shape index (κ3) is 6.31. The van der Waals surface area contributed by atoms with Crippen molar-refractivity contribution in [1.82, 2.24) is 0 Å². The molecule has 0 bridgehead atoms. The topological polar surface area (TPSA) is 68.9 Å². The number of anilines is 1. The van der Waals surface area contributed by atoms with E-state index >= 15 is 0 Å². The maximum absolute atomic E-state index is 6.20. The first-order valence-corrected chi connectivity index (χ1v) is 10.6. The fraction of sp³-hybridized carbons (Fsp3) is 0.458. The Morgan fingerprint density at radius 2 is 1.72 bits per heavy atom. The highest BCUT2D eigenvalue weighted by atomic mass is 16.5. The van der Waals surface area contributed by atoms with Crippen LogP contribution in [0.5, 0.6) is 0 Å². The van der Waals surface area contributed by atoms with Crippen LogP contribution in [-0.4, -0.2) is 25.3 Å². The van der Waals surface area contributed by atoms with E-state index in [1.807, 2.05) is 0 Å². The van der Waals surface area contributed by atoms with E-state index in [9.17, 15) is 0 Å². The van der Waals surface area contributed by atoms with E-state index in [1.54, 1.807) is 0 Å². The van der Waals surface area contributed by atoms with Crippen molar-refractivity contribution in [3.8, 4) is 0 Å². The number of para-hydroxylation sites is 1. The fourth-order valence-corrected chi connectivity index (χ4v) is 3.62. The van der Waals surface area contributed by atoms with E-state index in [0.717, 1.165) is 50.1 Å². The summed E-state index contributed by atoms with van der Waals surface area (Å²) < 4.78 is 11.4. The van der Waals surface area contributed by atoms with Crippen molar-refractivity contribution in [2.45, 2.75) is 58.8 Å². The second-order valence-corrected chi connectivity index (χ2v) is 7.43. The van der Waals surface area contributed by atoms with Crippen LogP contribution in [-0.2, 0) is 35.5 Å². The number of hydrogen-bond donors (Lipinski definition) is 2. The molecule has 0 saturated carbocycles. The predicted octanol–water partition coefficient (Wildman–Crippen LogP) is 4.43. The molecule has 0 radical (unpaired) electrons. The third-order valence-corrected chi connectivity index (χ3v) is 5.33. The van der Waals surface area contributed by atoms with Gasteiger partial charge in [-0.25, -0.2) is 4.99 Å². The van der Waals surface area contributed by atoms with Crippen LogP contribution in [0, 0.1) is 0 Å². The van der Waals surface area contributed by atoms with Gasteiger partial charge < -0.3 is 20.5 Å². The zero-order chi connectivity index (χ0) is 20.5. The van der Waals surface area contributed by atoms with Crippen LogP contribution in [0.15, 0.2) is 47.5 Å². The van der Waals surface area contributed by atoms with E-state index in [-0.39, 0.29) is 0 Å². The molecule has 29 heavy (non-hydrogen) atoms. The molecule has 0 spiro atoms. The quantitative estimate of drug-likeness (QED) is 0.512. The highest BCUT2D eigenvalue weighted by molar-refractivity contribution is 5.93. The maximum Gasteiger partial charge on any atom is 0.193 e. The van der Waals surface area contributed by atoms with Gasteiger partial charge in [0, 0.05) is 18.9 Å². The molecule has 0 amide bonds. The van der Waals surface area contributed by atoms with Crippen molar-refractivity contribution < 1.29 is 9.47 Å². The Labute approximate surface area is 174 Å². The van der Waals surface area contributed by atoms with Gasteiger partial charge in [-0.15, -0.1) is 0 Å². The molecule has 1 heterocycles. The molecule has 5 nitrogen and oxygen atoms in total. The molecule has 0 unspecified atom stereocenters. The SMILES string of the molecule is CCc1cccc(CC)c1NC(N)=NCc1cccc(COC2CCOCC2)c1. The Morgan fingerprint density at radius 1 is 1.07 bits per heavy atom. The minimum absolute atomic E-state index is 0.302. The summed E-state index contributed by atoms with van der Waals surface area (Å²) in [5.74, 6) is 0.449. The lowest BCUT2D eigenvalue weighted by molar-refractivity contribution is -0.0390. The van der Waals surface area contributed by atoms with Gasteiger partial charge in [-0.1, -0.05) is 56.3 Å². The van der Waals surface area contributed by atoms with Gasteiger partial charge in [0.25, 0.3) is 0 Å². The van der Waals surface area contributed by atoms with Crippen LogP contribution in [0.25, 0.3) is 0 Å². The highest BCUT2D eigenvalue weighted by Gasteiger charge is 2.14. The molecule has 2 aromatic carbocycles. The minimum Gasteiger partial charge on any atom is -0.381 e. The maximum atomic E-state index is 6.20. The van der Waals surface area contributed by atoms with Crippen molar-refractivity contribution in [2.75, 3.05) is 18.5 Å². The summed E-state index contributed by atoms with van der Waals surface area (Å²) in [7, 11) is 0.